The van der Waals surface area contributed by atoms with E-state index in [2.05, 4.69) is 0 Å². The van der Waals surface area contributed by atoms with Crippen LogP contribution in [0, 0.1) is 0 Å². The molecule has 0 aliphatic carbocycles. The van der Waals surface area contributed by atoms with Crippen LogP contribution in [0.1, 0.15) is 18.4 Å². The summed E-state index contributed by atoms with van der Waals surface area (Å²) in [5.41, 5.74) is 6.74. The number of carbonyl (C=O) groups excluding carboxylic acids is 1. The fourth-order valence-electron chi connectivity index (χ4n) is 1.45. The van der Waals surface area contributed by atoms with E-state index in [9.17, 15) is 4.79 Å². The van der Waals surface area contributed by atoms with Crippen molar-refractivity contribution in [2.24, 2.45) is 5.73 Å². The smallest absolute Gasteiger partial charge is 0.309 e. The molecule has 0 amide bonds. The Labute approximate surface area is 88.0 Å². The molecule has 0 aromatic heterocycles. The first kappa shape index (κ1) is 10.1. The first-order valence-electron chi connectivity index (χ1n) is 4.87. The molecule has 1 aromatic rings. The zero-order chi connectivity index (χ0) is 10.7. The van der Waals surface area contributed by atoms with Crippen LogP contribution in [0.5, 0.6) is 0 Å². The minimum atomic E-state index is -1.23. The molecule has 1 unspecified atom stereocenters. The third kappa shape index (κ3) is 2.55. The molecular weight excluding hydrogens is 194 g/mol. The molecule has 1 saturated heterocycles. The van der Waals surface area contributed by atoms with Gasteiger partial charge in [0, 0.05) is 6.42 Å². The molecule has 2 N–H and O–H groups in total. The van der Waals surface area contributed by atoms with E-state index in [1.54, 1.807) is 0 Å². The van der Waals surface area contributed by atoms with Gasteiger partial charge in [-0.3, -0.25) is 10.5 Å². The number of ether oxygens (including phenoxy) is 2. The molecule has 1 atom stereocenters. The van der Waals surface area contributed by atoms with Crippen molar-refractivity contribution in [2.75, 3.05) is 0 Å². The van der Waals surface area contributed by atoms with Gasteiger partial charge >= 0.3 is 5.97 Å². The number of cyclic esters (lactones) is 1. The number of nitrogens with two attached hydrogens (primary N) is 1. The summed E-state index contributed by atoms with van der Waals surface area (Å²) < 4.78 is 10.3. The number of rotatable bonds is 3. The van der Waals surface area contributed by atoms with Crippen molar-refractivity contribution in [3.63, 3.8) is 0 Å². The van der Waals surface area contributed by atoms with Crippen LogP contribution >= 0.6 is 0 Å². The fraction of sp³-hybridized carbons (Fsp3) is 0.364. The predicted octanol–water partition coefficient (Wildman–Crippen LogP) is 1.15. The lowest BCUT2D eigenvalue weighted by atomic mass is 10.2. The Balaban J connectivity index is 1.91. The summed E-state index contributed by atoms with van der Waals surface area (Å²) in [5, 5.41) is 0. The van der Waals surface area contributed by atoms with Gasteiger partial charge in [-0.1, -0.05) is 30.3 Å². The maximum Gasteiger partial charge on any atom is 0.309 e. The van der Waals surface area contributed by atoms with Crippen LogP contribution in [-0.2, 0) is 20.9 Å². The highest BCUT2D eigenvalue weighted by Gasteiger charge is 2.37. The van der Waals surface area contributed by atoms with Crippen LogP contribution < -0.4 is 5.73 Å². The third-order valence-electron chi connectivity index (χ3n) is 2.29. The standard InChI is InChI=1S/C11H13NO3/c12-11(7-6-10(13)15-11)14-8-9-4-2-1-3-5-9/h1-5H,6-8,12H2. The highest BCUT2D eigenvalue weighted by atomic mass is 16.7. The molecule has 1 aliphatic heterocycles. The molecule has 1 fully saturated rings. The molecule has 80 valence electrons. The second kappa shape index (κ2) is 4.00. The van der Waals surface area contributed by atoms with Crippen molar-refractivity contribution in [3.05, 3.63) is 35.9 Å². The Morgan fingerprint density at radius 3 is 2.73 bits per heavy atom. The van der Waals surface area contributed by atoms with Crippen molar-refractivity contribution in [1.82, 2.24) is 0 Å². The Hall–Kier alpha value is -1.39. The first-order chi connectivity index (χ1) is 7.18. The molecule has 0 saturated carbocycles. The quantitative estimate of drug-likeness (QED) is 0.596. The van der Waals surface area contributed by atoms with E-state index in [0.717, 1.165) is 5.56 Å². The molecule has 15 heavy (non-hydrogen) atoms. The predicted molar refractivity (Wildman–Crippen MR) is 53.5 cm³/mol. The second-order valence-corrected chi connectivity index (χ2v) is 3.56. The van der Waals surface area contributed by atoms with E-state index in [1.807, 2.05) is 30.3 Å². The van der Waals surface area contributed by atoms with E-state index in [-0.39, 0.29) is 5.97 Å². The van der Waals surface area contributed by atoms with Gasteiger partial charge in [-0.2, -0.15) is 0 Å². The lowest BCUT2D eigenvalue weighted by molar-refractivity contribution is -0.214. The average Bonchev–Trinajstić information content (AvgIpc) is 2.58. The summed E-state index contributed by atoms with van der Waals surface area (Å²) in [5.74, 6) is -1.53. The van der Waals surface area contributed by atoms with Gasteiger partial charge in [0.05, 0.1) is 13.0 Å². The van der Waals surface area contributed by atoms with Crippen LogP contribution in [0.15, 0.2) is 30.3 Å². The van der Waals surface area contributed by atoms with Crippen LogP contribution in [0.4, 0.5) is 0 Å². The van der Waals surface area contributed by atoms with Gasteiger partial charge in [0.25, 0.3) is 5.91 Å². The number of carbonyl (C=O) groups is 1. The van der Waals surface area contributed by atoms with E-state index in [0.29, 0.717) is 19.4 Å². The van der Waals surface area contributed by atoms with Gasteiger partial charge in [-0.25, -0.2) is 0 Å². The van der Waals surface area contributed by atoms with Crippen LogP contribution in [-0.4, -0.2) is 11.9 Å². The molecule has 0 spiro atoms. The number of hydrogen-bond acceptors (Lipinski definition) is 4. The lowest BCUT2D eigenvalue weighted by Gasteiger charge is -2.22. The van der Waals surface area contributed by atoms with E-state index in [4.69, 9.17) is 15.2 Å². The highest BCUT2D eigenvalue weighted by molar-refractivity contribution is 5.71. The van der Waals surface area contributed by atoms with E-state index in [1.165, 1.54) is 0 Å². The van der Waals surface area contributed by atoms with Crippen molar-refractivity contribution in [2.45, 2.75) is 25.4 Å². The summed E-state index contributed by atoms with van der Waals surface area (Å²) in [6.07, 6.45) is 0.740. The molecule has 1 aliphatic rings. The highest BCUT2D eigenvalue weighted by Crippen LogP contribution is 2.23. The van der Waals surface area contributed by atoms with Gasteiger partial charge in [0.15, 0.2) is 0 Å². The van der Waals surface area contributed by atoms with Crippen molar-refractivity contribution in [3.8, 4) is 0 Å². The third-order valence-corrected chi connectivity index (χ3v) is 2.29. The minimum Gasteiger partial charge on any atom is -0.419 e. The number of benzene rings is 1. The van der Waals surface area contributed by atoms with Crippen LogP contribution in [0.3, 0.4) is 0 Å². The summed E-state index contributed by atoms with van der Waals surface area (Å²) in [6, 6.07) is 9.63. The Morgan fingerprint density at radius 2 is 2.13 bits per heavy atom. The SMILES string of the molecule is NC1(OCc2ccccc2)CCC(=O)O1. The summed E-state index contributed by atoms with van der Waals surface area (Å²) in [4.78, 5) is 10.9. The number of esters is 1. The van der Waals surface area contributed by atoms with Crippen molar-refractivity contribution >= 4 is 5.97 Å². The van der Waals surface area contributed by atoms with Crippen molar-refractivity contribution < 1.29 is 14.3 Å². The topological polar surface area (TPSA) is 61.5 Å². The lowest BCUT2D eigenvalue weighted by Crippen LogP contribution is -2.42. The van der Waals surface area contributed by atoms with Crippen molar-refractivity contribution in [1.29, 1.82) is 0 Å². The monoisotopic (exact) mass is 207 g/mol. The summed E-state index contributed by atoms with van der Waals surface area (Å²) in [7, 11) is 0. The van der Waals surface area contributed by atoms with E-state index >= 15 is 0 Å². The van der Waals surface area contributed by atoms with Gasteiger partial charge in [-0.15, -0.1) is 0 Å². The van der Waals surface area contributed by atoms with E-state index < -0.39 is 5.91 Å². The minimum absolute atomic E-state index is 0.300. The number of hydrogen-bond donors (Lipinski definition) is 1. The molecule has 4 nitrogen and oxygen atoms in total. The van der Waals surface area contributed by atoms with Gasteiger partial charge < -0.3 is 9.47 Å². The first-order valence-corrected chi connectivity index (χ1v) is 4.87. The molecular formula is C11H13NO3. The van der Waals surface area contributed by atoms with Gasteiger partial charge in [-0.05, 0) is 5.56 Å². The summed E-state index contributed by atoms with van der Waals surface area (Å²) in [6.45, 7) is 0.352. The Kier molecular flexibility index (Phi) is 2.70. The van der Waals surface area contributed by atoms with Gasteiger partial charge in [0.1, 0.15) is 0 Å². The molecule has 2 rings (SSSR count). The Morgan fingerprint density at radius 1 is 1.40 bits per heavy atom. The zero-order valence-electron chi connectivity index (χ0n) is 8.31. The molecule has 4 heteroatoms. The normalized spacial score (nSPS) is 25.3. The molecule has 0 radical (unpaired) electrons. The van der Waals surface area contributed by atoms with Gasteiger partial charge in [0.2, 0.25) is 0 Å². The van der Waals surface area contributed by atoms with Crippen LogP contribution in [0.2, 0.25) is 0 Å². The maximum absolute atomic E-state index is 10.9. The molecule has 1 aromatic carbocycles. The second-order valence-electron chi connectivity index (χ2n) is 3.56. The zero-order valence-corrected chi connectivity index (χ0v) is 8.31. The fourth-order valence-corrected chi connectivity index (χ4v) is 1.45. The Bertz CT molecular complexity index is 352. The molecule has 1 heterocycles. The average molecular weight is 207 g/mol. The largest absolute Gasteiger partial charge is 0.419 e. The molecule has 0 bridgehead atoms. The maximum atomic E-state index is 10.9. The summed E-state index contributed by atoms with van der Waals surface area (Å²) >= 11 is 0. The van der Waals surface area contributed by atoms with Crippen LogP contribution in [0.25, 0.3) is 0 Å².